The van der Waals surface area contributed by atoms with E-state index in [1.165, 1.54) is 23.5 Å². The van der Waals surface area contributed by atoms with Crippen molar-refractivity contribution in [1.82, 2.24) is 14.9 Å². The van der Waals surface area contributed by atoms with Crippen molar-refractivity contribution in [2.45, 2.75) is 32.6 Å². The van der Waals surface area contributed by atoms with Crippen LogP contribution in [-0.2, 0) is 16.0 Å². The number of aryl methyl sites for hydroxylation is 2. The number of amides is 2. The number of nitrogens with zero attached hydrogens (tertiary/aromatic N) is 3. The minimum Gasteiger partial charge on any atom is -0.441 e. The molecule has 0 atom stereocenters. The van der Waals surface area contributed by atoms with Crippen LogP contribution >= 0.6 is 11.3 Å². The Hall–Kier alpha value is -3.07. The van der Waals surface area contributed by atoms with Crippen molar-refractivity contribution in [3.8, 4) is 11.3 Å². The number of hydrogen-bond acceptors (Lipinski definition) is 6. The summed E-state index contributed by atoms with van der Waals surface area (Å²) >= 11 is 1.41. The molecule has 0 bridgehead atoms. The van der Waals surface area contributed by atoms with Crippen molar-refractivity contribution in [2.24, 2.45) is 5.92 Å². The van der Waals surface area contributed by atoms with Gasteiger partial charge in [0.05, 0.1) is 11.9 Å². The standard InChI is InChI=1S/C22H23FN4O3S/c1-14-13-31-22(25-14)26-21(29)16-8-10-27(11-9-16)20(28)7-6-19-24-12-18(30-19)15-2-4-17(23)5-3-15/h2-5,12-13,16H,6-11H2,1H3,(H,25,26,29). The predicted molar refractivity (Wildman–Crippen MR) is 115 cm³/mol. The molecule has 0 unspecified atom stereocenters. The van der Waals surface area contributed by atoms with Crippen LogP contribution in [0, 0.1) is 18.7 Å². The van der Waals surface area contributed by atoms with Gasteiger partial charge in [-0.1, -0.05) is 0 Å². The van der Waals surface area contributed by atoms with Crippen LogP contribution < -0.4 is 5.32 Å². The van der Waals surface area contributed by atoms with Crippen LogP contribution in [0.4, 0.5) is 9.52 Å². The summed E-state index contributed by atoms with van der Waals surface area (Å²) in [5.41, 5.74) is 1.62. The van der Waals surface area contributed by atoms with Crippen molar-refractivity contribution >= 4 is 28.3 Å². The van der Waals surface area contributed by atoms with Crippen molar-refractivity contribution < 1.29 is 18.4 Å². The molecule has 7 nitrogen and oxygen atoms in total. The van der Waals surface area contributed by atoms with E-state index in [1.807, 2.05) is 12.3 Å². The quantitative estimate of drug-likeness (QED) is 0.622. The number of anilines is 1. The molecular weight excluding hydrogens is 419 g/mol. The Morgan fingerprint density at radius 2 is 2.00 bits per heavy atom. The van der Waals surface area contributed by atoms with Crippen molar-refractivity contribution in [2.75, 3.05) is 18.4 Å². The zero-order valence-corrected chi connectivity index (χ0v) is 18.0. The lowest BCUT2D eigenvalue weighted by Gasteiger charge is -2.31. The first-order valence-corrected chi connectivity index (χ1v) is 11.1. The van der Waals surface area contributed by atoms with Crippen LogP contribution in [0.1, 0.15) is 30.8 Å². The number of thiazole rings is 1. The lowest BCUT2D eigenvalue weighted by Crippen LogP contribution is -2.41. The number of nitrogens with one attached hydrogen (secondary N) is 1. The molecule has 0 saturated carbocycles. The Morgan fingerprint density at radius 1 is 1.26 bits per heavy atom. The molecule has 1 saturated heterocycles. The first-order chi connectivity index (χ1) is 15.0. The molecule has 1 fully saturated rings. The molecule has 3 aromatic rings. The van der Waals surface area contributed by atoms with Gasteiger partial charge in [-0.05, 0) is 44.0 Å². The van der Waals surface area contributed by atoms with E-state index in [1.54, 1.807) is 23.2 Å². The highest BCUT2D eigenvalue weighted by molar-refractivity contribution is 7.13. The van der Waals surface area contributed by atoms with E-state index in [0.29, 0.717) is 55.6 Å². The summed E-state index contributed by atoms with van der Waals surface area (Å²) in [6.45, 7) is 3.00. The molecule has 4 rings (SSSR count). The van der Waals surface area contributed by atoms with Gasteiger partial charge in [0.25, 0.3) is 0 Å². The third kappa shape index (κ3) is 5.35. The minimum absolute atomic E-state index is 0.0240. The average Bonchev–Trinajstić information content (AvgIpc) is 3.41. The van der Waals surface area contributed by atoms with Gasteiger partial charge < -0.3 is 14.6 Å². The Morgan fingerprint density at radius 3 is 2.68 bits per heavy atom. The zero-order valence-electron chi connectivity index (χ0n) is 17.1. The summed E-state index contributed by atoms with van der Waals surface area (Å²) in [7, 11) is 0. The van der Waals surface area contributed by atoms with Crippen LogP contribution in [0.25, 0.3) is 11.3 Å². The summed E-state index contributed by atoms with van der Waals surface area (Å²) in [6.07, 6.45) is 3.54. The molecule has 1 aliphatic rings. The second-order valence-corrected chi connectivity index (χ2v) is 8.42. The fourth-order valence-corrected chi connectivity index (χ4v) is 4.25. The summed E-state index contributed by atoms with van der Waals surface area (Å²) in [5, 5.41) is 5.38. The van der Waals surface area contributed by atoms with E-state index < -0.39 is 0 Å². The molecule has 31 heavy (non-hydrogen) atoms. The number of carbonyl (C=O) groups is 2. The third-order valence-electron chi connectivity index (χ3n) is 5.30. The second-order valence-electron chi connectivity index (χ2n) is 7.56. The van der Waals surface area contributed by atoms with E-state index in [4.69, 9.17) is 4.42 Å². The van der Waals surface area contributed by atoms with Crippen LogP contribution in [-0.4, -0.2) is 39.8 Å². The highest BCUT2D eigenvalue weighted by Crippen LogP contribution is 2.23. The van der Waals surface area contributed by atoms with E-state index >= 15 is 0 Å². The number of aromatic nitrogens is 2. The predicted octanol–water partition coefficient (Wildman–Crippen LogP) is 4.06. The Labute approximate surface area is 183 Å². The number of halogens is 1. The smallest absolute Gasteiger partial charge is 0.229 e. The molecule has 0 radical (unpaired) electrons. The molecule has 0 spiro atoms. The molecule has 2 aromatic heterocycles. The number of piperidine rings is 1. The molecule has 3 heterocycles. The topological polar surface area (TPSA) is 88.3 Å². The van der Waals surface area contributed by atoms with E-state index in [2.05, 4.69) is 15.3 Å². The van der Waals surface area contributed by atoms with Crippen molar-refractivity contribution in [3.05, 3.63) is 53.2 Å². The number of carbonyl (C=O) groups excluding carboxylic acids is 2. The first-order valence-electron chi connectivity index (χ1n) is 10.2. The maximum Gasteiger partial charge on any atom is 0.229 e. The van der Waals surface area contributed by atoms with E-state index in [0.717, 1.165) is 11.3 Å². The number of likely N-dealkylation sites (tertiary alicyclic amines) is 1. The van der Waals surface area contributed by atoms with Gasteiger partial charge in [0, 0.05) is 42.8 Å². The second kappa shape index (κ2) is 9.38. The fraction of sp³-hybridized carbons (Fsp3) is 0.364. The molecular formula is C22H23FN4O3S. The Kier molecular flexibility index (Phi) is 6.41. The van der Waals surface area contributed by atoms with Gasteiger partial charge in [0.1, 0.15) is 5.82 Å². The molecule has 0 aliphatic carbocycles. The van der Waals surface area contributed by atoms with Gasteiger partial charge >= 0.3 is 0 Å². The van der Waals surface area contributed by atoms with Gasteiger partial charge in [0.2, 0.25) is 11.8 Å². The number of benzene rings is 1. The largest absolute Gasteiger partial charge is 0.441 e. The molecule has 9 heteroatoms. The number of oxazole rings is 1. The fourth-order valence-electron chi connectivity index (χ4n) is 3.56. The van der Waals surface area contributed by atoms with Gasteiger partial charge in [0.15, 0.2) is 16.8 Å². The summed E-state index contributed by atoms with van der Waals surface area (Å²) < 4.78 is 18.7. The van der Waals surface area contributed by atoms with Crippen LogP contribution in [0.3, 0.4) is 0 Å². The average molecular weight is 443 g/mol. The van der Waals surface area contributed by atoms with Gasteiger partial charge in [-0.2, -0.15) is 0 Å². The highest BCUT2D eigenvalue weighted by atomic mass is 32.1. The summed E-state index contributed by atoms with van der Waals surface area (Å²) in [6, 6.07) is 5.98. The van der Waals surface area contributed by atoms with Gasteiger partial charge in [-0.15, -0.1) is 11.3 Å². The normalized spacial score (nSPS) is 14.6. The highest BCUT2D eigenvalue weighted by Gasteiger charge is 2.27. The molecule has 162 valence electrons. The summed E-state index contributed by atoms with van der Waals surface area (Å²) in [4.78, 5) is 35.2. The van der Waals surface area contributed by atoms with Crippen LogP contribution in [0.5, 0.6) is 0 Å². The van der Waals surface area contributed by atoms with Crippen molar-refractivity contribution in [3.63, 3.8) is 0 Å². The lowest BCUT2D eigenvalue weighted by atomic mass is 9.95. The van der Waals surface area contributed by atoms with E-state index in [9.17, 15) is 14.0 Å². The molecule has 2 amide bonds. The lowest BCUT2D eigenvalue weighted by molar-refractivity contribution is -0.134. The minimum atomic E-state index is -0.311. The molecule has 1 aromatic carbocycles. The zero-order chi connectivity index (χ0) is 21.8. The van der Waals surface area contributed by atoms with Gasteiger partial charge in [-0.3, -0.25) is 9.59 Å². The monoisotopic (exact) mass is 442 g/mol. The van der Waals surface area contributed by atoms with Crippen LogP contribution in [0.15, 0.2) is 40.3 Å². The van der Waals surface area contributed by atoms with Gasteiger partial charge in [-0.25, -0.2) is 14.4 Å². The Bertz CT molecular complexity index is 1050. The number of hydrogen-bond donors (Lipinski definition) is 1. The van der Waals surface area contributed by atoms with Crippen molar-refractivity contribution in [1.29, 1.82) is 0 Å². The van der Waals surface area contributed by atoms with Crippen LogP contribution in [0.2, 0.25) is 0 Å². The number of rotatable bonds is 6. The maximum atomic E-state index is 13.0. The Balaban J connectivity index is 1.23. The molecule has 1 aliphatic heterocycles. The van der Waals surface area contributed by atoms with E-state index in [-0.39, 0.29) is 23.5 Å². The SMILES string of the molecule is Cc1csc(NC(=O)C2CCN(C(=O)CCc3ncc(-c4ccc(F)cc4)o3)CC2)n1. The third-order valence-corrected chi connectivity index (χ3v) is 6.18. The maximum absolute atomic E-state index is 13.0. The first kappa shape index (κ1) is 21.2. The molecule has 1 N–H and O–H groups in total. The summed E-state index contributed by atoms with van der Waals surface area (Å²) in [5.74, 6) is 0.586.